The molecular weight excluding hydrogens is 383 g/mol. The average Bonchev–Trinajstić information content (AvgIpc) is 3.15. The van der Waals surface area contributed by atoms with Crippen molar-refractivity contribution in [1.29, 1.82) is 5.26 Å². The van der Waals surface area contributed by atoms with Gasteiger partial charge < -0.3 is 14.8 Å². The van der Waals surface area contributed by atoms with E-state index in [0.717, 1.165) is 0 Å². The smallest absolute Gasteiger partial charge is 0.247 e. The summed E-state index contributed by atoms with van der Waals surface area (Å²) in [7, 11) is 0. The summed E-state index contributed by atoms with van der Waals surface area (Å²) in [4.78, 5) is 0. The van der Waals surface area contributed by atoms with Gasteiger partial charge in [0.25, 0.3) is 0 Å². The van der Waals surface area contributed by atoms with E-state index in [-0.39, 0.29) is 16.8 Å². The van der Waals surface area contributed by atoms with Crippen LogP contribution in [-0.2, 0) is 0 Å². The Morgan fingerprint density at radius 1 is 1.36 bits per heavy atom. The Morgan fingerprint density at radius 3 is 2.79 bits per heavy atom. The van der Waals surface area contributed by atoms with Crippen LogP contribution in [0.25, 0.3) is 17.5 Å². The van der Waals surface area contributed by atoms with Crippen LogP contribution in [0.2, 0.25) is 5.02 Å². The summed E-state index contributed by atoms with van der Waals surface area (Å²) in [6.07, 6.45) is 0.601. The average molecular weight is 399 g/mol. The van der Waals surface area contributed by atoms with E-state index in [1.807, 2.05) is 6.07 Å². The van der Waals surface area contributed by atoms with E-state index < -0.39 is 18.0 Å². The van der Waals surface area contributed by atoms with Gasteiger partial charge in [-0.1, -0.05) is 30.3 Å². The SMILES string of the molecule is C=Cc1c(NC(c2nnc(-c3cccc(F)c3)o2)[C@H](C)O)ccc(C#N)c1Cl. The van der Waals surface area contributed by atoms with E-state index in [2.05, 4.69) is 22.1 Å². The zero-order valence-corrected chi connectivity index (χ0v) is 15.6. The largest absolute Gasteiger partial charge is 0.418 e. The van der Waals surface area contributed by atoms with E-state index in [4.69, 9.17) is 21.3 Å². The van der Waals surface area contributed by atoms with Crippen LogP contribution in [0.15, 0.2) is 47.4 Å². The quantitative estimate of drug-likeness (QED) is 0.631. The van der Waals surface area contributed by atoms with Gasteiger partial charge in [-0.15, -0.1) is 10.2 Å². The molecule has 1 unspecified atom stereocenters. The van der Waals surface area contributed by atoms with Crippen molar-refractivity contribution in [2.24, 2.45) is 0 Å². The lowest BCUT2D eigenvalue weighted by atomic mass is 10.1. The molecule has 0 aliphatic heterocycles. The highest BCUT2D eigenvalue weighted by Gasteiger charge is 2.25. The summed E-state index contributed by atoms with van der Waals surface area (Å²) in [5.41, 5.74) is 1.78. The summed E-state index contributed by atoms with van der Waals surface area (Å²) >= 11 is 6.24. The van der Waals surface area contributed by atoms with Gasteiger partial charge in [0.05, 0.1) is 16.7 Å². The first kappa shape index (κ1) is 19.5. The predicted octanol–water partition coefficient (Wildman–Crippen LogP) is 4.58. The number of aliphatic hydroxyl groups excluding tert-OH is 1. The summed E-state index contributed by atoms with van der Waals surface area (Å²) in [6, 6.07) is 10.2. The highest BCUT2D eigenvalue weighted by Crippen LogP contribution is 2.32. The highest BCUT2D eigenvalue weighted by molar-refractivity contribution is 6.33. The lowest BCUT2D eigenvalue weighted by Gasteiger charge is -2.21. The predicted molar refractivity (Wildman–Crippen MR) is 104 cm³/mol. The molecule has 0 aliphatic carbocycles. The van der Waals surface area contributed by atoms with Crippen LogP contribution in [0.3, 0.4) is 0 Å². The van der Waals surface area contributed by atoms with Crippen molar-refractivity contribution in [2.45, 2.75) is 19.1 Å². The number of halogens is 2. The molecule has 0 spiro atoms. The van der Waals surface area contributed by atoms with Crippen LogP contribution in [0, 0.1) is 17.1 Å². The maximum atomic E-state index is 13.4. The van der Waals surface area contributed by atoms with Crippen LogP contribution >= 0.6 is 11.6 Å². The van der Waals surface area contributed by atoms with Gasteiger partial charge in [0.2, 0.25) is 11.8 Å². The van der Waals surface area contributed by atoms with Gasteiger partial charge in [0, 0.05) is 16.8 Å². The molecule has 28 heavy (non-hydrogen) atoms. The molecule has 0 aliphatic rings. The van der Waals surface area contributed by atoms with Crippen LogP contribution in [0.4, 0.5) is 10.1 Å². The third-order valence-corrected chi connectivity index (χ3v) is 4.48. The van der Waals surface area contributed by atoms with E-state index >= 15 is 0 Å². The molecule has 3 rings (SSSR count). The standard InChI is InChI=1S/C20H16ClFN4O2/c1-3-15-16(8-7-13(10-23)17(15)21)24-18(11(2)27)20-26-25-19(28-20)12-5-4-6-14(22)9-12/h3-9,11,18,24,27H,1H2,2H3/t11-,18?/m0/s1. The van der Waals surface area contributed by atoms with Crippen molar-refractivity contribution in [3.8, 4) is 17.5 Å². The third kappa shape index (κ3) is 3.88. The first-order valence-electron chi connectivity index (χ1n) is 8.33. The van der Waals surface area contributed by atoms with Crippen LogP contribution in [0.5, 0.6) is 0 Å². The molecule has 8 heteroatoms. The molecule has 0 fully saturated rings. The summed E-state index contributed by atoms with van der Waals surface area (Å²) in [5, 5.41) is 30.6. The maximum Gasteiger partial charge on any atom is 0.247 e. The zero-order valence-electron chi connectivity index (χ0n) is 14.9. The second kappa shape index (κ2) is 8.21. The topological polar surface area (TPSA) is 95.0 Å². The van der Waals surface area contributed by atoms with Gasteiger partial charge in [-0.05, 0) is 37.3 Å². The lowest BCUT2D eigenvalue weighted by Crippen LogP contribution is -2.23. The van der Waals surface area contributed by atoms with Gasteiger partial charge in [-0.25, -0.2) is 4.39 Å². The number of rotatable bonds is 6. The fraction of sp³-hybridized carbons (Fsp3) is 0.150. The minimum Gasteiger partial charge on any atom is -0.418 e. The van der Waals surface area contributed by atoms with Crippen LogP contribution < -0.4 is 5.32 Å². The van der Waals surface area contributed by atoms with Gasteiger partial charge in [0.15, 0.2) is 0 Å². The number of nitrogens with zero attached hydrogens (tertiary/aromatic N) is 3. The Kier molecular flexibility index (Phi) is 5.73. The molecular formula is C20H16ClFN4O2. The van der Waals surface area contributed by atoms with Gasteiger partial charge in [-0.2, -0.15) is 5.26 Å². The molecule has 2 N–H and O–H groups in total. The van der Waals surface area contributed by atoms with Crippen molar-refractivity contribution in [3.05, 3.63) is 70.8 Å². The minimum absolute atomic E-state index is 0.116. The van der Waals surface area contributed by atoms with Gasteiger partial charge in [-0.3, -0.25) is 0 Å². The van der Waals surface area contributed by atoms with E-state index in [1.165, 1.54) is 24.3 Å². The number of hydrogen-bond donors (Lipinski definition) is 2. The Labute approximate surface area is 165 Å². The maximum absolute atomic E-state index is 13.4. The summed E-state index contributed by atoms with van der Waals surface area (Å²) in [5.74, 6) is -0.182. The molecule has 0 saturated heterocycles. The van der Waals surface area contributed by atoms with E-state index in [1.54, 1.807) is 25.1 Å². The second-order valence-corrected chi connectivity index (χ2v) is 6.40. The number of aliphatic hydroxyl groups is 1. The second-order valence-electron chi connectivity index (χ2n) is 6.02. The number of hydrogen-bond acceptors (Lipinski definition) is 6. The highest BCUT2D eigenvalue weighted by atomic mass is 35.5. The minimum atomic E-state index is -0.909. The van der Waals surface area contributed by atoms with Crippen molar-refractivity contribution >= 4 is 23.4 Å². The molecule has 1 heterocycles. The van der Waals surface area contributed by atoms with E-state index in [9.17, 15) is 9.50 Å². The fourth-order valence-electron chi connectivity index (χ4n) is 2.66. The lowest BCUT2D eigenvalue weighted by molar-refractivity contribution is 0.159. The number of aromatic nitrogens is 2. The molecule has 2 atom stereocenters. The van der Waals surface area contributed by atoms with Crippen LogP contribution in [-0.4, -0.2) is 21.4 Å². The zero-order chi connectivity index (χ0) is 20.3. The van der Waals surface area contributed by atoms with Gasteiger partial charge in [0.1, 0.15) is 17.9 Å². The van der Waals surface area contributed by atoms with E-state index in [0.29, 0.717) is 22.4 Å². The molecule has 2 aromatic carbocycles. The molecule has 3 aromatic rings. The molecule has 0 radical (unpaired) electrons. The summed E-state index contributed by atoms with van der Waals surface area (Å²) in [6.45, 7) is 5.28. The molecule has 1 aromatic heterocycles. The van der Waals surface area contributed by atoms with Crippen molar-refractivity contribution in [1.82, 2.24) is 10.2 Å². The normalized spacial score (nSPS) is 12.8. The number of nitriles is 1. The van der Waals surface area contributed by atoms with Crippen LogP contribution in [0.1, 0.15) is 30.0 Å². The van der Waals surface area contributed by atoms with Crippen molar-refractivity contribution in [2.75, 3.05) is 5.32 Å². The Hall–Kier alpha value is -3.21. The number of benzene rings is 2. The summed E-state index contributed by atoms with van der Waals surface area (Å²) < 4.78 is 19.1. The molecule has 0 amide bonds. The molecule has 0 bridgehead atoms. The van der Waals surface area contributed by atoms with Crippen molar-refractivity contribution in [3.63, 3.8) is 0 Å². The van der Waals surface area contributed by atoms with Gasteiger partial charge >= 0.3 is 0 Å². The van der Waals surface area contributed by atoms with Crippen molar-refractivity contribution < 1.29 is 13.9 Å². The molecule has 0 saturated carbocycles. The third-order valence-electron chi connectivity index (χ3n) is 4.08. The Balaban J connectivity index is 1.95. The Morgan fingerprint density at radius 2 is 2.14 bits per heavy atom. The Bertz CT molecular complexity index is 1060. The first-order valence-corrected chi connectivity index (χ1v) is 8.71. The monoisotopic (exact) mass is 398 g/mol. The number of anilines is 1. The first-order chi connectivity index (χ1) is 13.4. The number of nitrogens with one attached hydrogen (secondary N) is 1. The molecule has 6 nitrogen and oxygen atoms in total. The fourth-order valence-corrected chi connectivity index (χ4v) is 2.94. The molecule has 142 valence electrons.